The predicted octanol–water partition coefficient (Wildman–Crippen LogP) is 3.77. The molecule has 4 heteroatoms. The Bertz CT molecular complexity index is 596. The van der Waals surface area contributed by atoms with E-state index < -0.39 is 22.4 Å². The van der Waals surface area contributed by atoms with Crippen LogP contribution in [0.3, 0.4) is 0 Å². The second-order valence-electron chi connectivity index (χ2n) is 8.20. The Labute approximate surface area is 144 Å². The van der Waals surface area contributed by atoms with E-state index in [1.165, 1.54) is 12.8 Å². The van der Waals surface area contributed by atoms with Gasteiger partial charge >= 0.3 is 11.9 Å². The van der Waals surface area contributed by atoms with Crippen LogP contribution in [0.5, 0.6) is 0 Å². The van der Waals surface area contributed by atoms with E-state index in [1.807, 2.05) is 20.8 Å². The molecule has 0 radical (unpaired) electrons. The van der Waals surface area contributed by atoms with Gasteiger partial charge in [-0.2, -0.15) is 0 Å². The van der Waals surface area contributed by atoms with Crippen molar-refractivity contribution in [2.24, 2.45) is 10.8 Å². The molecule has 1 aliphatic heterocycles. The topological polar surface area (TPSA) is 52.6 Å². The average molecular weight is 332 g/mol. The molecule has 0 amide bonds. The summed E-state index contributed by atoms with van der Waals surface area (Å²) in [5, 5.41) is 0. The standard InChI is InChI=1S/C20H28O4/c1-18(2)19(3)13-14-20(18,24-16(19)21)17(22)23-15-11-9-7-5-4-6-8-10-12-15/h15H,4-9,11,13-14H2,1-3H3/t15-,19+,20-/m1/s1. The molecule has 0 spiro atoms. The van der Waals surface area contributed by atoms with Gasteiger partial charge in [0, 0.05) is 11.8 Å². The highest BCUT2D eigenvalue weighted by Gasteiger charge is 2.76. The Hall–Kier alpha value is -1.50. The van der Waals surface area contributed by atoms with Crippen LogP contribution in [-0.4, -0.2) is 23.6 Å². The molecule has 0 aromatic heterocycles. The van der Waals surface area contributed by atoms with Crippen LogP contribution < -0.4 is 0 Å². The SMILES string of the molecule is CC1(C)[C@@]2(C)CC[C@]1(C(=O)O[C@H]1C#CCCCCCCC1)OC2=O. The Kier molecular flexibility index (Phi) is 4.40. The summed E-state index contributed by atoms with van der Waals surface area (Å²) in [6.07, 6.45) is 8.18. The monoisotopic (exact) mass is 332 g/mol. The molecular weight excluding hydrogens is 304 g/mol. The van der Waals surface area contributed by atoms with Gasteiger partial charge in [0.05, 0.1) is 5.41 Å². The molecule has 24 heavy (non-hydrogen) atoms. The van der Waals surface area contributed by atoms with Gasteiger partial charge in [0.2, 0.25) is 5.60 Å². The number of hydrogen-bond acceptors (Lipinski definition) is 4. The number of ether oxygens (including phenoxy) is 2. The lowest BCUT2D eigenvalue weighted by atomic mass is 9.66. The summed E-state index contributed by atoms with van der Waals surface area (Å²) in [5.41, 5.74) is -2.30. The first-order valence-corrected chi connectivity index (χ1v) is 9.26. The van der Waals surface area contributed by atoms with E-state index in [0.29, 0.717) is 12.8 Å². The molecule has 0 aromatic rings. The molecule has 3 rings (SSSR count). The van der Waals surface area contributed by atoms with E-state index in [-0.39, 0.29) is 12.1 Å². The van der Waals surface area contributed by atoms with Crippen LogP contribution in [0.2, 0.25) is 0 Å². The van der Waals surface area contributed by atoms with Crippen molar-refractivity contribution in [3.05, 3.63) is 0 Å². The minimum absolute atomic E-state index is 0.271. The summed E-state index contributed by atoms with van der Waals surface area (Å²) >= 11 is 0. The first kappa shape index (κ1) is 17.3. The van der Waals surface area contributed by atoms with Gasteiger partial charge in [0.1, 0.15) is 0 Å². The lowest BCUT2D eigenvalue weighted by molar-refractivity contribution is -0.185. The maximum atomic E-state index is 13.0. The van der Waals surface area contributed by atoms with Crippen LogP contribution in [0.25, 0.3) is 0 Å². The number of esters is 2. The lowest BCUT2D eigenvalue weighted by Gasteiger charge is -2.35. The van der Waals surface area contributed by atoms with Crippen molar-refractivity contribution >= 4 is 11.9 Å². The molecule has 132 valence electrons. The second-order valence-corrected chi connectivity index (χ2v) is 8.20. The van der Waals surface area contributed by atoms with Crippen molar-refractivity contribution in [3.63, 3.8) is 0 Å². The largest absolute Gasteiger partial charge is 0.446 e. The molecule has 3 aliphatic rings. The summed E-state index contributed by atoms with van der Waals surface area (Å²) in [7, 11) is 0. The number of hydrogen-bond donors (Lipinski definition) is 0. The van der Waals surface area contributed by atoms with Gasteiger partial charge in [0.25, 0.3) is 0 Å². The molecule has 2 aliphatic carbocycles. The third kappa shape index (κ3) is 2.44. The lowest BCUT2D eigenvalue weighted by Crippen LogP contribution is -2.49. The third-order valence-electron chi connectivity index (χ3n) is 6.69. The minimum atomic E-state index is -1.14. The predicted molar refractivity (Wildman–Crippen MR) is 89.9 cm³/mol. The van der Waals surface area contributed by atoms with Crippen molar-refractivity contribution in [1.29, 1.82) is 0 Å². The molecule has 0 unspecified atom stereocenters. The fourth-order valence-electron chi connectivity index (χ4n) is 4.35. The summed E-state index contributed by atoms with van der Waals surface area (Å²) in [6, 6.07) is 0. The maximum Gasteiger partial charge on any atom is 0.352 e. The molecule has 1 saturated carbocycles. The number of rotatable bonds is 2. The minimum Gasteiger partial charge on any atom is -0.446 e. The molecule has 2 fully saturated rings. The van der Waals surface area contributed by atoms with Crippen LogP contribution >= 0.6 is 0 Å². The molecule has 1 heterocycles. The van der Waals surface area contributed by atoms with Crippen molar-refractivity contribution in [2.75, 3.05) is 0 Å². The molecule has 0 aromatic carbocycles. The zero-order valence-electron chi connectivity index (χ0n) is 15.1. The van der Waals surface area contributed by atoms with E-state index >= 15 is 0 Å². The quantitative estimate of drug-likeness (QED) is 0.570. The number of fused-ring (bicyclic) bond motifs is 2. The summed E-state index contributed by atoms with van der Waals surface area (Å²) in [4.78, 5) is 25.3. The fourth-order valence-corrected chi connectivity index (χ4v) is 4.35. The molecule has 0 N–H and O–H groups in total. The summed E-state index contributed by atoms with van der Waals surface area (Å²) in [6.45, 7) is 5.80. The van der Waals surface area contributed by atoms with E-state index in [9.17, 15) is 9.59 Å². The molecule has 3 atom stereocenters. The average Bonchev–Trinajstić information content (AvgIpc) is 2.84. The van der Waals surface area contributed by atoms with Gasteiger partial charge in [0.15, 0.2) is 6.10 Å². The van der Waals surface area contributed by atoms with Crippen molar-refractivity contribution in [1.82, 2.24) is 0 Å². The van der Waals surface area contributed by atoms with Crippen molar-refractivity contribution in [3.8, 4) is 11.8 Å². The Morgan fingerprint density at radius 2 is 1.83 bits per heavy atom. The molecule has 2 bridgehead atoms. The zero-order chi connectivity index (χ0) is 17.4. The highest BCUT2D eigenvalue weighted by atomic mass is 16.6. The van der Waals surface area contributed by atoms with E-state index in [1.54, 1.807) is 0 Å². The van der Waals surface area contributed by atoms with Crippen molar-refractivity contribution in [2.45, 2.75) is 90.3 Å². The fraction of sp³-hybridized carbons (Fsp3) is 0.800. The second kappa shape index (κ2) is 6.10. The summed E-state index contributed by atoms with van der Waals surface area (Å²) < 4.78 is 11.4. The Balaban J connectivity index is 1.77. The van der Waals surface area contributed by atoms with E-state index in [2.05, 4.69) is 11.8 Å². The molecule has 1 saturated heterocycles. The van der Waals surface area contributed by atoms with Gasteiger partial charge in [-0.05, 0) is 39.0 Å². The highest BCUT2D eigenvalue weighted by molar-refractivity contribution is 5.93. The third-order valence-corrected chi connectivity index (χ3v) is 6.69. The zero-order valence-corrected chi connectivity index (χ0v) is 15.1. The van der Waals surface area contributed by atoms with Crippen LogP contribution in [0, 0.1) is 22.7 Å². The number of carbonyl (C=O) groups is 2. The van der Waals surface area contributed by atoms with Gasteiger partial charge in [-0.1, -0.05) is 45.0 Å². The maximum absolute atomic E-state index is 13.0. The first-order chi connectivity index (χ1) is 11.3. The molecular formula is C20H28O4. The Morgan fingerprint density at radius 1 is 1.12 bits per heavy atom. The number of carbonyl (C=O) groups excluding carboxylic acids is 2. The highest BCUT2D eigenvalue weighted by Crippen LogP contribution is 2.65. The van der Waals surface area contributed by atoms with Gasteiger partial charge < -0.3 is 9.47 Å². The van der Waals surface area contributed by atoms with Crippen LogP contribution in [0.1, 0.15) is 78.6 Å². The van der Waals surface area contributed by atoms with Crippen LogP contribution in [0.15, 0.2) is 0 Å². The normalized spacial score (nSPS) is 38.0. The van der Waals surface area contributed by atoms with Gasteiger partial charge in [-0.3, -0.25) is 4.79 Å². The summed E-state index contributed by atoms with van der Waals surface area (Å²) in [5.74, 6) is 5.58. The van der Waals surface area contributed by atoms with E-state index in [4.69, 9.17) is 9.47 Å². The van der Waals surface area contributed by atoms with Crippen LogP contribution in [0.4, 0.5) is 0 Å². The first-order valence-electron chi connectivity index (χ1n) is 9.26. The Morgan fingerprint density at radius 3 is 2.50 bits per heavy atom. The van der Waals surface area contributed by atoms with E-state index in [0.717, 1.165) is 32.1 Å². The molecule has 4 nitrogen and oxygen atoms in total. The van der Waals surface area contributed by atoms with Gasteiger partial charge in [-0.15, -0.1) is 0 Å². The smallest absolute Gasteiger partial charge is 0.352 e. The van der Waals surface area contributed by atoms with Crippen molar-refractivity contribution < 1.29 is 19.1 Å². The van der Waals surface area contributed by atoms with Crippen LogP contribution in [-0.2, 0) is 19.1 Å². The van der Waals surface area contributed by atoms with Gasteiger partial charge in [-0.25, -0.2) is 4.79 Å².